The number of hydrogen-bond acceptors (Lipinski definition) is 3. The Morgan fingerprint density at radius 2 is 0.886 bits per heavy atom. The number of nitrogens with one attached hydrogen (secondary N) is 1. The molecule has 1 amide bonds. The van der Waals surface area contributed by atoms with E-state index in [1.807, 2.05) is 0 Å². The van der Waals surface area contributed by atoms with Gasteiger partial charge >= 0.3 is 5.97 Å². The second-order valence-electron chi connectivity index (χ2n) is 10.7. The van der Waals surface area contributed by atoms with Gasteiger partial charge in [0.2, 0.25) is 5.91 Å². The highest BCUT2D eigenvalue weighted by molar-refractivity contribution is 5.75. The Hall–Kier alpha value is -1.10. The number of carbonyl (C=O) groups is 2. The molecule has 0 bridgehead atoms. The quantitative estimate of drug-likeness (QED) is 0.0948. The van der Waals surface area contributed by atoms with Crippen molar-refractivity contribution in [2.24, 2.45) is 0 Å². The van der Waals surface area contributed by atoms with Gasteiger partial charge in [0.1, 0.15) is 0 Å². The Morgan fingerprint density at radius 3 is 1.23 bits per heavy atom. The molecule has 0 saturated heterocycles. The topological polar surface area (TPSA) is 86.6 Å². The number of carboxylic acids is 1. The van der Waals surface area contributed by atoms with Crippen LogP contribution in [-0.4, -0.2) is 34.7 Å². The van der Waals surface area contributed by atoms with Gasteiger partial charge in [-0.25, -0.2) is 0 Å². The molecule has 0 spiro atoms. The molecule has 0 unspecified atom stereocenters. The number of rotatable bonds is 28. The molecular formula is C30H59NO4. The third kappa shape index (κ3) is 30.9. The number of amides is 1. The molecular weight excluding hydrogens is 438 g/mol. The van der Waals surface area contributed by atoms with Crippen LogP contribution in [0.2, 0.25) is 0 Å². The van der Waals surface area contributed by atoms with Crippen LogP contribution in [0.25, 0.3) is 0 Å². The van der Waals surface area contributed by atoms with E-state index in [4.69, 9.17) is 5.11 Å². The van der Waals surface area contributed by atoms with E-state index in [0.717, 1.165) is 32.2 Å². The smallest absolute Gasteiger partial charge is 0.303 e. The van der Waals surface area contributed by atoms with Crippen LogP contribution in [0.4, 0.5) is 0 Å². The Morgan fingerprint density at radius 1 is 0.543 bits per heavy atom. The van der Waals surface area contributed by atoms with Gasteiger partial charge in [0, 0.05) is 19.4 Å². The molecule has 0 aromatic carbocycles. The lowest BCUT2D eigenvalue weighted by atomic mass is 10.0. The summed E-state index contributed by atoms with van der Waals surface area (Å²) in [7, 11) is 0. The van der Waals surface area contributed by atoms with Crippen molar-refractivity contribution >= 4 is 11.9 Å². The van der Waals surface area contributed by atoms with Crippen molar-refractivity contribution in [1.82, 2.24) is 5.32 Å². The van der Waals surface area contributed by atoms with E-state index < -0.39 is 5.97 Å². The number of aliphatic hydroxyl groups excluding tert-OH is 1. The fraction of sp³-hybridized carbons (Fsp3) is 0.933. The molecule has 0 aromatic rings. The van der Waals surface area contributed by atoms with Crippen molar-refractivity contribution in [3.05, 3.63) is 0 Å². The lowest BCUT2D eigenvalue weighted by molar-refractivity contribution is -0.137. The zero-order chi connectivity index (χ0) is 25.8. The largest absolute Gasteiger partial charge is 0.481 e. The summed E-state index contributed by atoms with van der Waals surface area (Å²) in [6.07, 6.45) is 29.2. The molecule has 0 saturated carbocycles. The first-order valence-electron chi connectivity index (χ1n) is 15.2. The number of unbranched alkanes of at least 4 members (excludes halogenated alkanes) is 20. The maximum absolute atomic E-state index is 11.7. The van der Waals surface area contributed by atoms with Crippen LogP contribution in [0, 0.1) is 0 Å². The fourth-order valence-electron chi connectivity index (χ4n) is 4.63. The molecule has 0 aromatic heterocycles. The third-order valence-electron chi connectivity index (χ3n) is 6.92. The van der Waals surface area contributed by atoms with E-state index in [1.165, 1.54) is 116 Å². The van der Waals surface area contributed by atoms with E-state index in [0.29, 0.717) is 19.3 Å². The maximum atomic E-state index is 11.7. The van der Waals surface area contributed by atoms with E-state index >= 15 is 0 Å². The van der Waals surface area contributed by atoms with Gasteiger partial charge < -0.3 is 15.5 Å². The van der Waals surface area contributed by atoms with Gasteiger partial charge in [-0.3, -0.25) is 9.59 Å². The fourth-order valence-corrected chi connectivity index (χ4v) is 4.63. The minimum Gasteiger partial charge on any atom is -0.481 e. The van der Waals surface area contributed by atoms with Crippen molar-refractivity contribution in [2.45, 2.75) is 174 Å². The Bertz CT molecular complexity index is 467. The van der Waals surface area contributed by atoms with Crippen molar-refractivity contribution in [2.75, 3.05) is 6.54 Å². The van der Waals surface area contributed by atoms with Gasteiger partial charge in [-0.05, 0) is 32.6 Å². The van der Waals surface area contributed by atoms with Gasteiger partial charge in [0.25, 0.3) is 0 Å². The lowest BCUT2D eigenvalue weighted by Gasteiger charge is -2.06. The van der Waals surface area contributed by atoms with Crippen molar-refractivity contribution in [1.29, 1.82) is 0 Å². The normalized spacial score (nSPS) is 12.1. The zero-order valence-corrected chi connectivity index (χ0v) is 23.2. The highest BCUT2D eigenvalue weighted by atomic mass is 16.4. The van der Waals surface area contributed by atoms with Gasteiger partial charge in [0.05, 0.1) is 6.10 Å². The first-order chi connectivity index (χ1) is 17.0. The Kier molecular flexibility index (Phi) is 26.6. The second-order valence-corrected chi connectivity index (χ2v) is 10.7. The summed E-state index contributed by atoms with van der Waals surface area (Å²) >= 11 is 0. The summed E-state index contributed by atoms with van der Waals surface area (Å²) in [5.41, 5.74) is 0. The molecule has 0 fully saturated rings. The van der Waals surface area contributed by atoms with Crippen molar-refractivity contribution in [3.63, 3.8) is 0 Å². The second kappa shape index (κ2) is 27.5. The molecule has 0 aliphatic heterocycles. The average Bonchev–Trinajstić information content (AvgIpc) is 2.81. The monoisotopic (exact) mass is 497 g/mol. The van der Waals surface area contributed by atoms with Crippen LogP contribution < -0.4 is 5.32 Å². The summed E-state index contributed by atoms with van der Waals surface area (Å²) in [5.74, 6) is -0.536. The summed E-state index contributed by atoms with van der Waals surface area (Å²) in [6, 6.07) is 0. The molecule has 208 valence electrons. The van der Waals surface area contributed by atoms with Gasteiger partial charge in [0.15, 0.2) is 0 Å². The number of carboxylic acid groups (broad SMARTS) is 1. The van der Waals surface area contributed by atoms with Crippen LogP contribution in [-0.2, 0) is 9.59 Å². The number of aliphatic carboxylic acids is 1. The van der Waals surface area contributed by atoms with Crippen LogP contribution in [0.3, 0.4) is 0 Å². The molecule has 0 radical (unpaired) electrons. The predicted molar refractivity (Wildman–Crippen MR) is 148 cm³/mol. The van der Waals surface area contributed by atoms with E-state index in [9.17, 15) is 14.7 Å². The summed E-state index contributed by atoms with van der Waals surface area (Å²) in [4.78, 5) is 22.1. The summed E-state index contributed by atoms with van der Waals surface area (Å²) < 4.78 is 0. The van der Waals surface area contributed by atoms with Crippen LogP contribution in [0.5, 0.6) is 0 Å². The molecule has 5 nitrogen and oxygen atoms in total. The van der Waals surface area contributed by atoms with Crippen LogP contribution in [0.1, 0.15) is 167 Å². The highest BCUT2D eigenvalue weighted by Crippen LogP contribution is 2.15. The molecule has 0 heterocycles. The average molecular weight is 498 g/mol. The maximum Gasteiger partial charge on any atom is 0.303 e. The van der Waals surface area contributed by atoms with E-state index in [2.05, 4.69) is 5.32 Å². The van der Waals surface area contributed by atoms with Crippen LogP contribution >= 0.6 is 0 Å². The summed E-state index contributed by atoms with van der Waals surface area (Å²) in [5, 5.41) is 20.8. The molecule has 3 N–H and O–H groups in total. The number of carbonyl (C=O) groups excluding carboxylic acids is 1. The van der Waals surface area contributed by atoms with Gasteiger partial charge in [-0.1, -0.05) is 122 Å². The summed E-state index contributed by atoms with van der Waals surface area (Å²) in [6.45, 7) is 2.56. The van der Waals surface area contributed by atoms with E-state index in [-0.39, 0.29) is 12.0 Å². The minimum absolute atomic E-state index is 0.125. The van der Waals surface area contributed by atoms with Gasteiger partial charge in [-0.2, -0.15) is 0 Å². The molecule has 0 rings (SSSR count). The third-order valence-corrected chi connectivity index (χ3v) is 6.92. The Balaban J connectivity index is 3.10. The zero-order valence-electron chi connectivity index (χ0n) is 23.2. The van der Waals surface area contributed by atoms with Crippen molar-refractivity contribution < 1.29 is 19.8 Å². The van der Waals surface area contributed by atoms with Crippen LogP contribution in [0.15, 0.2) is 0 Å². The molecule has 1 atom stereocenters. The van der Waals surface area contributed by atoms with E-state index in [1.54, 1.807) is 6.92 Å². The minimum atomic E-state index is -0.662. The Labute approximate surface area is 217 Å². The number of aliphatic hydroxyl groups is 1. The molecule has 5 heteroatoms. The predicted octanol–water partition coefficient (Wildman–Crippen LogP) is 8.32. The molecule has 0 aliphatic carbocycles. The molecule has 0 aliphatic rings. The first kappa shape index (κ1) is 33.9. The SMILES string of the molecule is C[C@@H](O)CCCC(=O)NCCCCCCCCCCCCCCCCCCCCCCCC(=O)O. The highest BCUT2D eigenvalue weighted by Gasteiger charge is 2.02. The van der Waals surface area contributed by atoms with Gasteiger partial charge in [-0.15, -0.1) is 0 Å². The molecule has 35 heavy (non-hydrogen) atoms. The standard InChI is InChI=1S/C30H59NO4/c1-28(32)24-23-25-29(33)31-27-22-20-18-16-14-12-10-8-6-4-2-3-5-7-9-11-13-15-17-19-21-26-30(34)35/h28,32H,2-27H2,1H3,(H,31,33)(H,34,35)/t28-/m1/s1. The first-order valence-corrected chi connectivity index (χ1v) is 15.2. The van der Waals surface area contributed by atoms with Crippen molar-refractivity contribution in [3.8, 4) is 0 Å². The number of hydrogen-bond donors (Lipinski definition) is 3. The lowest BCUT2D eigenvalue weighted by Crippen LogP contribution is -2.24.